The minimum absolute atomic E-state index is 0. The van der Waals surface area contributed by atoms with E-state index in [2.05, 4.69) is 20.9 Å². The molecule has 1 atom stereocenters. The summed E-state index contributed by atoms with van der Waals surface area (Å²) >= 11 is 0. The van der Waals surface area contributed by atoms with Crippen molar-refractivity contribution in [3.63, 3.8) is 0 Å². The summed E-state index contributed by atoms with van der Waals surface area (Å²) in [6, 6.07) is 5.67. The Balaban J connectivity index is 0.00000240. The highest BCUT2D eigenvalue weighted by atomic mass is 35.5. The van der Waals surface area contributed by atoms with Crippen molar-refractivity contribution >= 4 is 29.3 Å². The molecule has 2 aromatic heterocycles. The van der Waals surface area contributed by atoms with Crippen molar-refractivity contribution in [1.82, 2.24) is 25.6 Å². The number of amides is 1. The number of methoxy groups -OCH3 is 1. The van der Waals surface area contributed by atoms with Gasteiger partial charge >= 0.3 is 0 Å². The quantitative estimate of drug-likeness (QED) is 0.659. The number of fused-ring (bicyclic) bond motifs is 1. The number of nitrogens with zero attached hydrogens (tertiary/aromatic N) is 3. The molecule has 1 fully saturated rings. The lowest BCUT2D eigenvalue weighted by Crippen LogP contribution is -2.29. The van der Waals surface area contributed by atoms with Gasteiger partial charge in [0.1, 0.15) is 17.1 Å². The molecular weight excluding hydrogens is 394 g/mol. The van der Waals surface area contributed by atoms with Crippen LogP contribution in [0.25, 0.3) is 11.0 Å². The fraction of sp³-hybridized carbons (Fsp3) is 0.450. The first kappa shape index (κ1) is 21.1. The number of halogens is 1. The molecule has 3 heterocycles. The molecule has 9 heteroatoms. The Morgan fingerprint density at radius 3 is 2.86 bits per heavy atom. The summed E-state index contributed by atoms with van der Waals surface area (Å²) in [7, 11) is 1.64. The van der Waals surface area contributed by atoms with Crippen LogP contribution in [0.5, 0.6) is 5.75 Å². The van der Waals surface area contributed by atoms with Crippen LogP contribution in [-0.2, 0) is 0 Å². The van der Waals surface area contributed by atoms with Crippen molar-refractivity contribution in [2.24, 2.45) is 0 Å². The van der Waals surface area contributed by atoms with E-state index in [1.807, 2.05) is 32.0 Å². The predicted molar refractivity (Wildman–Crippen MR) is 112 cm³/mol. The van der Waals surface area contributed by atoms with Gasteiger partial charge in [0.2, 0.25) is 0 Å². The highest BCUT2D eigenvalue weighted by Crippen LogP contribution is 2.32. The van der Waals surface area contributed by atoms with Gasteiger partial charge in [-0.25, -0.2) is 4.68 Å². The lowest BCUT2D eigenvalue weighted by Gasteiger charge is -2.22. The Hall–Kier alpha value is -2.58. The van der Waals surface area contributed by atoms with E-state index in [0.717, 1.165) is 54.0 Å². The van der Waals surface area contributed by atoms with E-state index in [-0.39, 0.29) is 24.4 Å². The summed E-state index contributed by atoms with van der Waals surface area (Å²) in [6.45, 7) is 5.80. The van der Waals surface area contributed by atoms with Crippen LogP contribution in [0.2, 0.25) is 0 Å². The summed E-state index contributed by atoms with van der Waals surface area (Å²) < 4.78 is 13.1. The second-order valence-electron chi connectivity index (χ2n) is 7.21. The molecule has 156 valence electrons. The number of carbonyl (C=O) groups excluding carboxylic acids is 1. The van der Waals surface area contributed by atoms with E-state index in [1.165, 1.54) is 0 Å². The Bertz CT molecular complexity index is 993. The highest BCUT2D eigenvalue weighted by molar-refractivity contribution is 5.92. The molecule has 0 saturated carbocycles. The Kier molecular flexibility index (Phi) is 6.44. The minimum Gasteiger partial charge on any atom is -0.497 e. The van der Waals surface area contributed by atoms with Crippen molar-refractivity contribution in [1.29, 1.82) is 0 Å². The molecule has 4 rings (SSSR count). The molecule has 0 bridgehead atoms. The van der Waals surface area contributed by atoms with E-state index in [0.29, 0.717) is 11.7 Å². The molecule has 0 aliphatic carbocycles. The topological polar surface area (TPSA) is 94.2 Å². The van der Waals surface area contributed by atoms with Crippen molar-refractivity contribution in [3.8, 4) is 5.75 Å². The van der Waals surface area contributed by atoms with Crippen LogP contribution in [0.3, 0.4) is 0 Å². The van der Waals surface area contributed by atoms with Crippen LogP contribution in [0.1, 0.15) is 53.7 Å². The van der Waals surface area contributed by atoms with Crippen molar-refractivity contribution in [2.75, 3.05) is 20.2 Å². The minimum atomic E-state index is -0.296. The number of rotatable bonds is 5. The molecule has 2 N–H and O–H groups in total. The molecule has 0 radical (unpaired) electrons. The molecule has 1 aliphatic heterocycles. The lowest BCUT2D eigenvalue weighted by atomic mass is 10.1. The van der Waals surface area contributed by atoms with Gasteiger partial charge in [-0.05, 0) is 58.0 Å². The predicted octanol–water partition coefficient (Wildman–Crippen LogP) is 3.18. The average Bonchev–Trinajstić information content (AvgIpc) is 3.34. The summed E-state index contributed by atoms with van der Waals surface area (Å²) in [5.41, 5.74) is 2.08. The number of benzene rings is 1. The molecule has 1 saturated heterocycles. The number of hydrogen-bond acceptors (Lipinski definition) is 6. The molecule has 0 spiro atoms. The lowest BCUT2D eigenvalue weighted by molar-refractivity contribution is 0.0930. The van der Waals surface area contributed by atoms with Crippen molar-refractivity contribution in [3.05, 3.63) is 41.4 Å². The van der Waals surface area contributed by atoms with Crippen LogP contribution in [-0.4, -0.2) is 41.1 Å². The Morgan fingerprint density at radius 1 is 1.38 bits per heavy atom. The van der Waals surface area contributed by atoms with Crippen molar-refractivity contribution in [2.45, 2.75) is 38.8 Å². The number of carbonyl (C=O) groups is 1. The summed E-state index contributed by atoms with van der Waals surface area (Å²) in [6.07, 6.45) is 3.71. The summed E-state index contributed by atoms with van der Waals surface area (Å²) in [5.74, 6) is 1.24. The van der Waals surface area contributed by atoms with Crippen LogP contribution >= 0.6 is 12.4 Å². The van der Waals surface area contributed by atoms with E-state index < -0.39 is 0 Å². The highest BCUT2D eigenvalue weighted by Gasteiger charge is 2.22. The van der Waals surface area contributed by atoms with Crippen LogP contribution in [0.4, 0.5) is 0 Å². The zero-order valence-corrected chi connectivity index (χ0v) is 17.6. The first-order valence-electron chi connectivity index (χ1n) is 9.57. The van der Waals surface area contributed by atoms with Crippen LogP contribution in [0, 0.1) is 6.92 Å². The van der Waals surface area contributed by atoms with E-state index in [4.69, 9.17) is 9.15 Å². The Labute approximate surface area is 175 Å². The fourth-order valence-corrected chi connectivity index (χ4v) is 3.73. The third-order valence-corrected chi connectivity index (χ3v) is 5.35. The smallest absolute Gasteiger partial charge is 0.274 e. The van der Waals surface area contributed by atoms with Gasteiger partial charge in [-0.15, -0.1) is 17.5 Å². The van der Waals surface area contributed by atoms with E-state index >= 15 is 0 Å². The van der Waals surface area contributed by atoms with Gasteiger partial charge in [0, 0.05) is 10.9 Å². The molecule has 3 aromatic rings. The number of ether oxygens (including phenoxy) is 1. The largest absolute Gasteiger partial charge is 0.497 e. The molecule has 29 heavy (non-hydrogen) atoms. The molecule has 1 aliphatic rings. The normalized spacial score (nSPS) is 15.7. The first-order valence-corrected chi connectivity index (χ1v) is 9.57. The molecule has 1 amide bonds. The van der Waals surface area contributed by atoms with Gasteiger partial charge in [0.15, 0.2) is 5.69 Å². The number of hydrogen-bond donors (Lipinski definition) is 2. The number of piperidine rings is 1. The monoisotopic (exact) mass is 419 g/mol. The van der Waals surface area contributed by atoms with E-state index in [9.17, 15) is 4.79 Å². The van der Waals surface area contributed by atoms with Crippen LogP contribution in [0.15, 0.2) is 28.8 Å². The zero-order chi connectivity index (χ0) is 19.7. The zero-order valence-electron chi connectivity index (χ0n) is 16.8. The molecule has 1 aromatic carbocycles. The Morgan fingerprint density at radius 2 is 2.14 bits per heavy atom. The third kappa shape index (κ3) is 4.23. The van der Waals surface area contributed by atoms with E-state index in [1.54, 1.807) is 18.0 Å². The maximum atomic E-state index is 12.7. The molecule has 1 unspecified atom stereocenters. The van der Waals surface area contributed by atoms with Gasteiger partial charge in [-0.2, -0.15) is 0 Å². The second-order valence-corrected chi connectivity index (χ2v) is 7.21. The summed E-state index contributed by atoms with van der Waals surface area (Å²) in [5, 5.41) is 15.5. The van der Waals surface area contributed by atoms with Crippen LogP contribution < -0.4 is 15.4 Å². The van der Waals surface area contributed by atoms with Gasteiger partial charge in [-0.1, -0.05) is 5.21 Å². The summed E-state index contributed by atoms with van der Waals surface area (Å²) in [4.78, 5) is 12.7. The molecule has 8 nitrogen and oxygen atoms in total. The standard InChI is InChI=1S/C20H25N5O3.ClH/c1-12-16-10-15(27-3)4-5-18(16)28-19(12)13(2)22-20(26)17-11-25(24-23-17)14-6-8-21-9-7-14;/h4-5,10-11,13-14,21H,6-9H2,1-3H3,(H,22,26);1H. The number of aromatic nitrogens is 3. The van der Waals surface area contributed by atoms with Gasteiger partial charge in [0.25, 0.3) is 5.91 Å². The van der Waals surface area contributed by atoms with Gasteiger partial charge in [0.05, 0.1) is 25.4 Å². The average molecular weight is 420 g/mol. The maximum Gasteiger partial charge on any atom is 0.274 e. The number of nitrogens with one attached hydrogen (secondary N) is 2. The molecular formula is C20H26ClN5O3. The SMILES string of the molecule is COc1ccc2oc(C(C)NC(=O)c3cn(C4CCNCC4)nn3)c(C)c2c1.Cl. The number of furan rings is 1. The second kappa shape index (κ2) is 8.84. The van der Waals surface area contributed by atoms with Gasteiger partial charge in [-0.3, -0.25) is 4.79 Å². The fourth-order valence-electron chi connectivity index (χ4n) is 3.73. The third-order valence-electron chi connectivity index (χ3n) is 5.35. The first-order chi connectivity index (χ1) is 13.6. The van der Waals surface area contributed by atoms with Crippen molar-refractivity contribution < 1.29 is 13.9 Å². The number of aryl methyl sites for hydroxylation is 1. The maximum absolute atomic E-state index is 12.7. The van der Waals surface area contributed by atoms with Gasteiger partial charge < -0.3 is 19.8 Å².